The van der Waals surface area contributed by atoms with Crippen molar-refractivity contribution >= 4 is 23.6 Å². The molecule has 3 fully saturated rings. The second-order valence-corrected chi connectivity index (χ2v) is 7.50. The Morgan fingerprint density at radius 2 is 1.65 bits per heavy atom. The Morgan fingerprint density at radius 3 is 2.23 bits per heavy atom. The van der Waals surface area contributed by atoms with Crippen LogP contribution in [0.1, 0.15) is 36.5 Å². The van der Waals surface area contributed by atoms with Gasteiger partial charge in [0.1, 0.15) is 6.04 Å². The average molecular weight is 355 g/mol. The summed E-state index contributed by atoms with van der Waals surface area (Å²) in [6, 6.07) is 7.54. The molecule has 0 spiro atoms. The fourth-order valence-electron chi connectivity index (χ4n) is 4.88. The normalized spacial score (nSPS) is 30.4. The van der Waals surface area contributed by atoms with Gasteiger partial charge in [0.15, 0.2) is 12.4 Å². The summed E-state index contributed by atoms with van der Waals surface area (Å²) >= 11 is 0. The molecular formula is C20H21NO5. The lowest BCUT2D eigenvalue weighted by atomic mass is 9.81. The number of fused-ring (bicyclic) bond motifs is 5. The largest absolute Gasteiger partial charge is 0.456 e. The van der Waals surface area contributed by atoms with E-state index in [1.165, 1.54) is 6.92 Å². The molecule has 4 rings (SSSR count). The number of Topliss-reactive ketones (excluding diaryl/α,β-unsaturated/α-hetero) is 1. The van der Waals surface area contributed by atoms with Crippen molar-refractivity contribution in [2.75, 3.05) is 6.61 Å². The zero-order chi connectivity index (χ0) is 18.4. The molecule has 6 nitrogen and oxygen atoms in total. The topological polar surface area (TPSA) is 80.8 Å². The van der Waals surface area contributed by atoms with E-state index in [4.69, 9.17) is 4.74 Å². The molecule has 2 amide bonds. The van der Waals surface area contributed by atoms with Crippen molar-refractivity contribution in [1.29, 1.82) is 0 Å². The van der Waals surface area contributed by atoms with Gasteiger partial charge in [-0.1, -0.05) is 30.3 Å². The molecule has 5 atom stereocenters. The summed E-state index contributed by atoms with van der Waals surface area (Å²) in [6.07, 6.45) is 2.93. The molecular weight excluding hydrogens is 334 g/mol. The number of rotatable bonds is 5. The van der Waals surface area contributed by atoms with Gasteiger partial charge in [0.2, 0.25) is 11.8 Å². The highest BCUT2D eigenvalue weighted by Crippen LogP contribution is 2.56. The van der Waals surface area contributed by atoms with Crippen LogP contribution in [0.5, 0.6) is 0 Å². The van der Waals surface area contributed by atoms with Crippen LogP contribution in [0.25, 0.3) is 0 Å². The van der Waals surface area contributed by atoms with Crippen molar-refractivity contribution in [3.8, 4) is 0 Å². The van der Waals surface area contributed by atoms with Gasteiger partial charge >= 0.3 is 5.97 Å². The molecule has 0 unspecified atom stereocenters. The van der Waals surface area contributed by atoms with E-state index in [-0.39, 0.29) is 41.3 Å². The Balaban J connectivity index is 1.40. The number of esters is 1. The third-order valence-electron chi connectivity index (χ3n) is 6.13. The minimum absolute atomic E-state index is 0.244. The van der Waals surface area contributed by atoms with Crippen molar-refractivity contribution in [3.63, 3.8) is 0 Å². The molecule has 1 heterocycles. The predicted molar refractivity (Wildman–Crippen MR) is 90.9 cm³/mol. The Labute approximate surface area is 151 Å². The van der Waals surface area contributed by atoms with E-state index in [9.17, 15) is 19.2 Å². The second-order valence-electron chi connectivity index (χ2n) is 7.50. The van der Waals surface area contributed by atoms with E-state index in [0.29, 0.717) is 5.56 Å². The van der Waals surface area contributed by atoms with E-state index in [2.05, 4.69) is 0 Å². The van der Waals surface area contributed by atoms with E-state index in [1.54, 1.807) is 30.3 Å². The molecule has 0 aromatic heterocycles. The third kappa shape index (κ3) is 2.55. The highest BCUT2D eigenvalue weighted by Gasteiger charge is 2.62. The van der Waals surface area contributed by atoms with Gasteiger partial charge in [-0.15, -0.1) is 0 Å². The van der Waals surface area contributed by atoms with Gasteiger partial charge in [-0.25, -0.2) is 4.79 Å². The molecule has 6 heteroatoms. The molecule has 26 heavy (non-hydrogen) atoms. The molecule has 0 radical (unpaired) electrons. The smallest absolute Gasteiger partial charge is 0.329 e. The second kappa shape index (κ2) is 6.34. The van der Waals surface area contributed by atoms with Gasteiger partial charge in [0, 0.05) is 5.56 Å². The lowest BCUT2D eigenvalue weighted by Crippen LogP contribution is -2.45. The molecule has 1 saturated heterocycles. The van der Waals surface area contributed by atoms with E-state index >= 15 is 0 Å². The Morgan fingerprint density at radius 1 is 1.08 bits per heavy atom. The van der Waals surface area contributed by atoms with Crippen molar-refractivity contribution < 1.29 is 23.9 Å². The summed E-state index contributed by atoms with van der Waals surface area (Å²) < 4.78 is 5.09. The zero-order valence-electron chi connectivity index (χ0n) is 14.6. The van der Waals surface area contributed by atoms with Crippen LogP contribution in [0.3, 0.4) is 0 Å². The minimum Gasteiger partial charge on any atom is -0.456 e. The molecule has 1 aliphatic heterocycles. The maximum atomic E-state index is 12.7. The number of amides is 2. The number of ketones is 1. The number of likely N-dealkylation sites (tertiary alicyclic amines) is 1. The van der Waals surface area contributed by atoms with Crippen molar-refractivity contribution in [2.24, 2.45) is 23.7 Å². The number of imide groups is 1. The standard InChI is InChI=1S/C20H21NO5/c1-11(20(25)26-10-15(22)12-5-3-2-4-6-12)21-18(23)16-13-7-8-14(9-13)17(16)19(21)24/h2-6,11,13-14,16-17H,7-10H2,1H3/t11-,13-,14+,16-,17+/m1/s1. The van der Waals surface area contributed by atoms with Crippen LogP contribution in [0, 0.1) is 23.7 Å². The summed E-state index contributed by atoms with van der Waals surface area (Å²) in [5, 5.41) is 0. The van der Waals surface area contributed by atoms with Crippen LogP contribution in [-0.2, 0) is 19.1 Å². The van der Waals surface area contributed by atoms with Crippen LogP contribution in [0.4, 0.5) is 0 Å². The van der Waals surface area contributed by atoms with Crippen molar-refractivity contribution in [1.82, 2.24) is 4.90 Å². The number of nitrogens with zero attached hydrogens (tertiary/aromatic N) is 1. The Kier molecular flexibility index (Phi) is 4.13. The molecule has 136 valence electrons. The number of carbonyl (C=O) groups is 4. The zero-order valence-corrected chi connectivity index (χ0v) is 14.6. The molecule has 3 aliphatic rings. The Hall–Kier alpha value is -2.50. The summed E-state index contributed by atoms with van der Waals surface area (Å²) in [5.74, 6) is -1.51. The summed E-state index contributed by atoms with van der Waals surface area (Å²) in [6.45, 7) is 1.09. The van der Waals surface area contributed by atoms with Crippen molar-refractivity contribution in [2.45, 2.75) is 32.2 Å². The van der Waals surface area contributed by atoms with Gasteiger partial charge in [0.25, 0.3) is 0 Å². The number of benzene rings is 1. The van der Waals surface area contributed by atoms with Gasteiger partial charge in [0.05, 0.1) is 11.8 Å². The predicted octanol–water partition coefficient (Wildman–Crippen LogP) is 1.83. The third-order valence-corrected chi connectivity index (χ3v) is 6.13. The molecule has 2 aliphatic carbocycles. The lowest BCUT2D eigenvalue weighted by Gasteiger charge is -2.22. The van der Waals surface area contributed by atoms with Crippen LogP contribution >= 0.6 is 0 Å². The van der Waals surface area contributed by atoms with E-state index in [1.807, 2.05) is 0 Å². The van der Waals surface area contributed by atoms with Gasteiger partial charge in [-0.2, -0.15) is 0 Å². The van der Waals surface area contributed by atoms with Crippen molar-refractivity contribution in [3.05, 3.63) is 35.9 Å². The van der Waals surface area contributed by atoms with E-state index in [0.717, 1.165) is 24.2 Å². The quantitative estimate of drug-likeness (QED) is 0.457. The number of hydrogen-bond donors (Lipinski definition) is 0. The van der Waals surface area contributed by atoms with E-state index < -0.39 is 18.6 Å². The monoisotopic (exact) mass is 355 g/mol. The molecule has 0 N–H and O–H groups in total. The minimum atomic E-state index is -0.997. The number of carbonyl (C=O) groups excluding carboxylic acids is 4. The van der Waals surface area contributed by atoms with Gasteiger partial charge in [-0.3, -0.25) is 19.3 Å². The maximum absolute atomic E-state index is 12.7. The van der Waals surface area contributed by atoms with Gasteiger partial charge in [-0.05, 0) is 38.0 Å². The van der Waals surface area contributed by atoms with Crippen LogP contribution in [0.2, 0.25) is 0 Å². The molecule has 2 bridgehead atoms. The van der Waals surface area contributed by atoms with Gasteiger partial charge < -0.3 is 4.74 Å². The maximum Gasteiger partial charge on any atom is 0.329 e. The molecule has 1 aromatic carbocycles. The number of hydrogen-bond acceptors (Lipinski definition) is 5. The first kappa shape index (κ1) is 16.9. The molecule has 2 saturated carbocycles. The highest BCUT2D eigenvalue weighted by molar-refractivity contribution is 6.08. The first-order valence-corrected chi connectivity index (χ1v) is 9.11. The summed E-state index contributed by atoms with van der Waals surface area (Å²) in [7, 11) is 0. The summed E-state index contributed by atoms with van der Waals surface area (Å²) in [5.41, 5.74) is 0.451. The van der Waals surface area contributed by atoms with Crippen LogP contribution in [-0.4, -0.2) is 41.1 Å². The molecule has 1 aromatic rings. The first-order chi connectivity index (χ1) is 12.5. The Bertz CT molecular complexity index is 746. The first-order valence-electron chi connectivity index (χ1n) is 9.11. The SMILES string of the molecule is C[C@H](C(=O)OCC(=O)c1ccccc1)N1C(=O)[C@@H]2[C@@H]3CC[C@@H](C3)[C@@H]2C1=O. The number of ether oxygens (including phenoxy) is 1. The fraction of sp³-hybridized carbons (Fsp3) is 0.500. The lowest BCUT2D eigenvalue weighted by molar-refractivity contribution is -0.157. The van der Waals surface area contributed by atoms with Crippen LogP contribution in [0.15, 0.2) is 30.3 Å². The average Bonchev–Trinajstić information content (AvgIpc) is 3.33. The highest BCUT2D eigenvalue weighted by atomic mass is 16.5. The fourth-order valence-corrected chi connectivity index (χ4v) is 4.88. The summed E-state index contributed by atoms with van der Waals surface area (Å²) in [4.78, 5) is 50.9. The van der Waals surface area contributed by atoms with Crippen LogP contribution < -0.4 is 0 Å².